The number of carboxylic acid groups (broad SMARTS) is 1. The number of para-hydroxylation sites is 1. The van der Waals surface area contributed by atoms with Gasteiger partial charge in [-0.3, -0.25) is 4.79 Å². The summed E-state index contributed by atoms with van der Waals surface area (Å²) in [5.74, 6) is -0.613. The van der Waals surface area contributed by atoms with E-state index in [9.17, 15) is 4.79 Å². The van der Waals surface area contributed by atoms with Crippen molar-refractivity contribution in [2.45, 2.75) is 13.3 Å². The molecule has 0 spiro atoms. The van der Waals surface area contributed by atoms with Crippen LogP contribution in [-0.4, -0.2) is 25.8 Å². The fraction of sp³-hybridized carbons (Fsp3) is 0.182. The van der Waals surface area contributed by atoms with Crippen LogP contribution in [-0.2, 0) is 11.2 Å². The van der Waals surface area contributed by atoms with E-state index in [2.05, 4.69) is 10.1 Å². The Kier molecular flexibility index (Phi) is 2.68. The molecule has 0 amide bonds. The second-order valence-corrected chi connectivity index (χ2v) is 3.46. The maximum Gasteiger partial charge on any atom is 0.311 e. The van der Waals surface area contributed by atoms with Crippen molar-refractivity contribution in [2.24, 2.45) is 0 Å². The minimum absolute atomic E-state index is 0.154. The van der Waals surface area contributed by atoms with E-state index in [1.807, 2.05) is 31.2 Å². The molecule has 0 bridgehead atoms. The number of rotatable bonds is 3. The van der Waals surface area contributed by atoms with Crippen molar-refractivity contribution in [3.05, 3.63) is 42.0 Å². The molecule has 1 N–H and O–H groups in total. The summed E-state index contributed by atoms with van der Waals surface area (Å²) in [6, 6.07) is 7.72. The van der Waals surface area contributed by atoms with E-state index in [0.29, 0.717) is 5.82 Å². The van der Waals surface area contributed by atoms with Crippen LogP contribution in [0.3, 0.4) is 0 Å². The van der Waals surface area contributed by atoms with E-state index in [-0.39, 0.29) is 6.42 Å². The van der Waals surface area contributed by atoms with E-state index in [1.54, 1.807) is 4.68 Å². The van der Waals surface area contributed by atoms with E-state index in [4.69, 9.17) is 5.11 Å². The Morgan fingerprint density at radius 2 is 2.19 bits per heavy atom. The molecule has 5 heteroatoms. The molecule has 0 aliphatic heterocycles. The third-order valence-corrected chi connectivity index (χ3v) is 2.21. The summed E-state index contributed by atoms with van der Waals surface area (Å²) in [5.41, 5.74) is 1.97. The van der Waals surface area contributed by atoms with Crippen LogP contribution in [0.5, 0.6) is 0 Å². The van der Waals surface area contributed by atoms with Crippen LogP contribution < -0.4 is 0 Å². The van der Waals surface area contributed by atoms with Crippen molar-refractivity contribution >= 4 is 5.97 Å². The van der Waals surface area contributed by atoms with Gasteiger partial charge in [0.1, 0.15) is 12.7 Å². The summed E-state index contributed by atoms with van der Waals surface area (Å²) in [7, 11) is 0. The first-order valence-electron chi connectivity index (χ1n) is 4.85. The van der Waals surface area contributed by atoms with Crippen molar-refractivity contribution in [2.75, 3.05) is 0 Å². The second kappa shape index (κ2) is 4.14. The maximum atomic E-state index is 10.5. The van der Waals surface area contributed by atoms with Gasteiger partial charge in [0.2, 0.25) is 0 Å². The Morgan fingerprint density at radius 1 is 1.44 bits per heavy atom. The normalized spacial score (nSPS) is 10.3. The van der Waals surface area contributed by atoms with Gasteiger partial charge in [0, 0.05) is 0 Å². The quantitative estimate of drug-likeness (QED) is 0.838. The summed E-state index contributed by atoms with van der Waals surface area (Å²) in [5, 5.41) is 12.7. The van der Waals surface area contributed by atoms with Crippen LogP contribution in [0.4, 0.5) is 0 Å². The number of hydrogen-bond donors (Lipinski definition) is 1. The predicted molar refractivity (Wildman–Crippen MR) is 57.4 cm³/mol. The van der Waals surface area contributed by atoms with Gasteiger partial charge in [-0.1, -0.05) is 18.2 Å². The van der Waals surface area contributed by atoms with Gasteiger partial charge >= 0.3 is 5.97 Å². The number of aryl methyl sites for hydroxylation is 1. The smallest absolute Gasteiger partial charge is 0.311 e. The number of carboxylic acids is 1. The average Bonchev–Trinajstić information content (AvgIpc) is 2.66. The number of nitrogens with zero attached hydrogens (tertiary/aromatic N) is 3. The number of aliphatic carboxylic acids is 1. The number of aromatic nitrogens is 3. The zero-order valence-electron chi connectivity index (χ0n) is 8.79. The molecule has 0 saturated heterocycles. The fourth-order valence-corrected chi connectivity index (χ4v) is 1.45. The fourth-order valence-electron chi connectivity index (χ4n) is 1.45. The standard InChI is InChI=1S/C11H11N3O2/c1-8-4-2-3-5-9(8)14-7-12-10(13-14)6-11(15)16/h2-5,7H,6H2,1H3,(H,15,16). The lowest BCUT2D eigenvalue weighted by Crippen LogP contribution is -2.03. The first kappa shape index (κ1) is 10.4. The Balaban J connectivity index is 2.32. The Labute approximate surface area is 92.4 Å². The van der Waals surface area contributed by atoms with E-state index < -0.39 is 5.97 Å². The number of benzene rings is 1. The van der Waals surface area contributed by atoms with Crippen LogP contribution in [0.1, 0.15) is 11.4 Å². The highest BCUT2D eigenvalue weighted by Gasteiger charge is 2.07. The van der Waals surface area contributed by atoms with Crippen molar-refractivity contribution in [1.82, 2.24) is 14.8 Å². The molecular weight excluding hydrogens is 206 g/mol. The summed E-state index contributed by atoms with van der Waals surface area (Å²) in [6.45, 7) is 1.97. The van der Waals surface area contributed by atoms with Gasteiger partial charge in [-0.05, 0) is 18.6 Å². The lowest BCUT2D eigenvalue weighted by molar-refractivity contribution is -0.136. The molecule has 16 heavy (non-hydrogen) atoms. The molecule has 1 aromatic carbocycles. The molecule has 82 valence electrons. The van der Waals surface area contributed by atoms with Crippen LogP contribution in [0.25, 0.3) is 5.69 Å². The molecular formula is C11H11N3O2. The van der Waals surface area contributed by atoms with Gasteiger partial charge in [-0.25, -0.2) is 9.67 Å². The highest BCUT2D eigenvalue weighted by Crippen LogP contribution is 2.11. The highest BCUT2D eigenvalue weighted by atomic mass is 16.4. The molecule has 0 aliphatic rings. The molecule has 0 aliphatic carbocycles. The lowest BCUT2D eigenvalue weighted by atomic mass is 10.2. The summed E-state index contributed by atoms with van der Waals surface area (Å²) < 4.78 is 1.59. The largest absolute Gasteiger partial charge is 0.481 e. The molecule has 0 atom stereocenters. The molecule has 2 rings (SSSR count). The van der Waals surface area contributed by atoms with Gasteiger partial charge in [0.25, 0.3) is 0 Å². The monoisotopic (exact) mass is 217 g/mol. The summed E-state index contributed by atoms with van der Waals surface area (Å²) in [6.07, 6.45) is 1.37. The minimum atomic E-state index is -0.928. The Bertz CT molecular complexity index is 519. The summed E-state index contributed by atoms with van der Waals surface area (Å²) >= 11 is 0. The highest BCUT2D eigenvalue weighted by molar-refractivity contribution is 5.68. The predicted octanol–water partition coefficient (Wildman–Crippen LogP) is 1.20. The van der Waals surface area contributed by atoms with Crippen LogP contribution >= 0.6 is 0 Å². The average molecular weight is 217 g/mol. The molecule has 1 heterocycles. The topological polar surface area (TPSA) is 68.0 Å². The molecule has 5 nitrogen and oxygen atoms in total. The molecule has 0 radical (unpaired) electrons. The van der Waals surface area contributed by atoms with Gasteiger partial charge < -0.3 is 5.11 Å². The van der Waals surface area contributed by atoms with Gasteiger partial charge in [0.05, 0.1) is 5.69 Å². The van der Waals surface area contributed by atoms with Gasteiger partial charge in [-0.2, -0.15) is 5.10 Å². The number of carbonyl (C=O) groups is 1. The van der Waals surface area contributed by atoms with Crippen LogP contribution in [0, 0.1) is 6.92 Å². The van der Waals surface area contributed by atoms with E-state index in [0.717, 1.165) is 11.3 Å². The second-order valence-electron chi connectivity index (χ2n) is 3.46. The molecule has 2 aromatic rings. The van der Waals surface area contributed by atoms with Crippen LogP contribution in [0.2, 0.25) is 0 Å². The molecule has 0 saturated carbocycles. The lowest BCUT2D eigenvalue weighted by Gasteiger charge is -2.03. The summed E-state index contributed by atoms with van der Waals surface area (Å²) in [4.78, 5) is 14.4. The zero-order valence-corrected chi connectivity index (χ0v) is 8.79. The third-order valence-electron chi connectivity index (χ3n) is 2.21. The first-order valence-corrected chi connectivity index (χ1v) is 4.85. The minimum Gasteiger partial charge on any atom is -0.481 e. The van der Waals surface area contributed by atoms with Crippen LogP contribution in [0.15, 0.2) is 30.6 Å². The third kappa shape index (κ3) is 2.08. The molecule has 0 fully saturated rings. The number of hydrogen-bond acceptors (Lipinski definition) is 3. The zero-order chi connectivity index (χ0) is 11.5. The Morgan fingerprint density at radius 3 is 2.88 bits per heavy atom. The van der Waals surface area contributed by atoms with Crippen molar-refractivity contribution < 1.29 is 9.90 Å². The van der Waals surface area contributed by atoms with E-state index in [1.165, 1.54) is 6.33 Å². The van der Waals surface area contributed by atoms with Crippen molar-refractivity contribution in [1.29, 1.82) is 0 Å². The van der Waals surface area contributed by atoms with Gasteiger partial charge in [-0.15, -0.1) is 0 Å². The SMILES string of the molecule is Cc1ccccc1-n1cnc(CC(=O)O)n1. The Hall–Kier alpha value is -2.17. The van der Waals surface area contributed by atoms with Gasteiger partial charge in [0.15, 0.2) is 5.82 Å². The first-order chi connectivity index (χ1) is 7.66. The van der Waals surface area contributed by atoms with Crippen molar-refractivity contribution in [3.8, 4) is 5.69 Å². The molecule has 0 unspecified atom stereocenters. The van der Waals surface area contributed by atoms with E-state index >= 15 is 0 Å². The van der Waals surface area contributed by atoms with Crippen molar-refractivity contribution in [3.63, 3.8) is 0 Å². The maximum absolute atomic E-state index is 10.5. The molecule has 1 aromatic heterocycles.